The summed E-state index contributed by atoms with van der Waals surface area (Å²) in [6.07, 6.45) is 3.68. The van der Waals surface area contributed by atoms with Gasteiger partial charge in [0.25, 0.3) is 0 Å². The largest absolute Gasteiger partial charge is 0.380 e. The van der Waals surface area contributed by atoms with E-state index >= 15 is 0 Å². The molecule has 0 aromatic rings. The maximum atomic E-state index is 5.74. The SMILES string of the molecule is CCCCOCCN1CC(C)(C)NCC1CC(C)C. The highest BCUT2D eigenvalue weighted by molar-refractivity contribution is 4.92. The molecule has 1 atom stereocenters. The summed E-state index contributed by atoms with van der Waals surface area (Å²) < 4.78 is 5.74. The summed E-state index contributed by atoms with van der Waals surface area (Å²) in [7, 11) is 0. The van der Waals surface area contributed by atoms with Crippen molar-refractivity contribution in [2.75, 3.05) is 32.8 Å². The smallest absolute Gasteiger partial charge is 0.0593 e. The van der Waals surface area contributed by atoms with Gasteiger partial charge in [-0.05, 0) is 32.6 Å². The van der Waals surface area contributed by atoms with Gasteiger partial charge in [0.2, 0.25) is 0 Å². The van der Waals surface area contributed by atoms with Gasteiger partial charge in [-0.25, -0.2) is 0 Å². The van der Waals surface area contributed by atoms with E-state index in [-0.39, 0.29) is 5.54 Å². The van der Waals surface area contributed by atoms with Crippen LogP contribution in [0.15, 0.2) is 0 Å². The van der Waals surface area contributed by atoms with Crippen LogP contribution in [0.1, 0.15) is 53.9 Å². The zero-order valence-corrected chi connectivity index (χ0v) is 13.7. The third kappa shape index (κ3) is 6.73. The van der Waals surface area contributed by atoms with Crippen molar-refractivity contribution in [2.24, 2.45) is 5.92 Å². The molecule has 1 N–H and O–H groups in total. The van der Waals surface area contributed by atoms with Crippen molar-refractivity contribution in [3.05, 3.63) is 0 Å². The summed E-state index contributed by atoms with van der Waals surface area (Å²) in [6.45, 7) is 16.5. The topological polar surface area (TPSA) is 24.5 Å². The summed E-state index contributed by atoms with van der Waals surface area (Å²) in [5.41, 5.74) is 0.233. The first-order chi connectivity index (χ1) is 8.94. The van der Waals surface area contributed by atoms with Crippen LogP contribution in [0.25, 0.3) is 0 Å². The van der Waals surface area contributed by atoms with Gasteiger partial charge in [0.1, 0.15) is 0 Å². The van der Waals surface area contributed by atoms with Crippen LogP contribution in [-0.4, -0.2) is 49.3 Å². The number of piperazine rings is 1. The standard InChI is InChI=1S/C16H34N2O/c1-6-7-9-19-10-8-18-13-16(4,5)17-12-15(18)11-14(2)3/h14-15,17H,6-13H2,1-5H3. The Labute approximate surface area is 120 Å². The van der Waals surface area contributed by atoms with Crippen LogP contribution in [0.4, 0.5) is 0 Å². The van der Waals surface area contributed by atoms with E-state index in [1.807, 2.05) is 0 Å². The molecule has 1 heterocycles. The minimum atomic E-state index is 0.233. The first-order valence-corrected chi connectivity index (χ1v) is 8.01. The molecule has 1 aliphatic rings. The van der Waals surface area contributed by atoms with Gasteiger partial charge in [0.15, 0.2) is 0 Å². The summed E-state index contributed by atoms with van der Waals surface area (Å²) in [6, 6.07) is 0.669. The van der Waals surface area contributed by atoms with Crippen LogP contribution in [0.5, 0.6) is 0 Å². The summed E-state index contributed by atoms with van der Waals surface area (Å²) in [4.78, 5) is 2.63. The Morgan fingerprint density at radius 2 is 2.05 bits per heavy atom. The van der Waals surface area contributed by atoms with Crippen molar-refractivity contribution in [2.45, 2.75) is 65.5 Å². The highest BCUT2D eigenvalue weighted by Gasteiger charge is 2.32. The van der Waals surface area contributed by atoms with Crippen molar-refractivity contribution >= 4 is 0 Å². The number of nitrogens with one attached hydrogen (secondary N) is 1. The molecular formula is C16H34N2O. The monoisotopic (exact) mass is 270 g/mol. The van der Waals surface area contributed by atoms with E-state index in [9.17, 15) is 0 Å². The van der Waals surface area contributed by atoms with Crippen LogP contribution in [0, 0.1) is 5.92 Å². The Kier molecular flexibility index (Phi) is 7.33. The second-order valence-corrected chi connectivity index (χ2v) is 6.98. The number of unbranched alkanes of at least 4 members (excludes halogenated alkanes) is 1. The van der Waals surface area contributed by atoms with Crippen LogP contribution in [-0.2, 0) is 4.74 Å². The number of rotatable bonds is 8. The Balaban J connectivity index is 2.38. The molecule has 0 bridgehead atoms. The number of ether oxygens (including phenoxy) is 1. The molecule has 3 heteroatoms. The van der Waals surface area contributed by atoms with Crippen LogP contribution in [0.3, 0.4) is 0 Å². The van der Waals surface area contributed by atoms with Crippen molar-refractivity contribution in [1.29, 1.82) is 0 Å². The van der Waals surface area contributed by atoms with E-state index < -0.39 is 0 Å². The van der Waals surface area contributed by atoms with Gasteiger partial charge < -0.3 is 10.1 Å². The maximum absolute atomic E-state index is 5.74. The van der Waals surface area contributed by atoms with E-state index in [2.05, 4.69) is 44.8 Å². The van der Waals surface area contributed by atoms with E-state index in [4.69, 9.17) is 4.74 Å². The van der Waals surface area contributed by atoms with Crippen LogP contribution < -0.4 is 5.32 Å². The molecule has 1 rings (SSSR count). The first-order valence-electron chi connectivity index (χ1n) is 8.01. The Morgan fingerprint density at radius 1 is 1.32 bits per heavy atom. The van der Waals surface area contributed by atoms with Crippen molar-refractivity contribution in [3.63, 3.8) is 0 Å². The second-order valence-electron chi connectivity index (χ2n) is 6.98. The lowest BCUT2D eigenvalue weighted by molar-refractivity contribution is 0.0418. The zero-order valence-electron chi connectivity index (χ0n) is 13.7. The second kappa shape index (κ2) is 8.23. The fourth-order valence-electron chi connectivity index (χ4n) is 2.78. The summed E-state index contributed by atoms with van der Waals surface area (Å²) in [5.74, 6) is 0.761. The lowest BCUT2D eigenvalue weighted by Gasteiger charge is -2.45. The highest BCUT2D eigenvalue weighted by Crippen LogP contribution is 2.19. The molecule has 0 spiro atoms. The first kappa shape index (κ1) is 16.9. The predicted octanol–water partition coefficient (Wildman–Crippen LogP) is 2.90. The molecule has 0 saturated carbocycles. The third-order valence-electron chi connectivity index (χ3n) is 3.84. The van der Waals surface area contributed by atoms with Gasteiger partial charge >= 0.3 is 0 Å². The van der Waals surface area contributed by atoms with Gasteiger partial charge in [-0.1, -0.05) is 27.2 Å². The Morgan fingerprint density at radius 3 is 2.68 bits per heavy atom. The average molecular weight is 270 g/mol. The normalized spacial score (nSPS) is 24.0. The third-order valence-corrected chi connectivity index (χ3v) is 3.84. The predicted molar refractivity (Wildman–Crippen MR) is 82.6 cm³/mol. The molecule has 0 aromatic heterocycles. The minimum Gasteiger partial charge on any atom is -0.380 e. The van der Waals surface area contributed by atoms with E-state index in [0.717, 1.165) is 38.8 Å². The molecule has 0 aliphatic carbocycles. The molecule has 0 radical (unpaired) electrons. The number of nitrogens with zero attached hydrogens (tertiary/aromatic N) is 1. The van der Waals surface area contributed by atoms with Crippen molar-refractivity contribution in [1.82, 2.24) is 10.2 Å². The molecule has 0 aromatic carbocycles. The number of hydrogen-bond acceptors (Lipinski definition) is 3. The molecule has 114 valence electrons. The molecule has 1 saturated heterocycles. The zero-order chi connectivity index (χ0) is 14.3. The van der Waals surface area contributed by atoms with Gasteiger partial charge in [-0.3, -0.25) is 4.90 Å². The number of hydrogen-bond donors (Lipinski definition) is 1. The van der Waals surface area contributed by atoms with E-state index in [1.165, 1.54) is 19.3 Å². The Hall–Kier alpha value is -0.120. The van der Waals surface area contributed by atoms with E-state index in [1.54, 1.807) is 0 Å². The molecule has 0 amide bonds. The molecule has 19 heavy (non-hydrogen) atoms. The maximum Gasteiger partial charge on any atom is 0.0593 e. The van der Waals surface area contributed by atoms with Crippen molar-refractivity contribution in [3.8, 4) is 0 Å². The van der Waals surface area contributed by atoms with Gasteiger partial charge in [-0.2, -0.15) is 0 Å². The van der Waals surface area contributed by atoms with Crippen LogP contribution >= 0.6 is 0 Å². The van der Waals surface area contributed by atoms with Gasteiger partial charge in [0.05, 0.1) is 6.61 Å². The quantitative estimate of drug-likeness (QED) is 0.686. The lowest BCUT2D eigenvalue weighted by Crippen LogP contribution is -2.62. The van der Waals surface area contributed by atoms with E-state index in [0.29, 0.717) is 6.04 Å². The average Bonchev–Trinajstić information content (AvgIpc) is 2.31. The molecule has 1 unspecified atom stereocenters. The Bertz CT molecular complexity index is 241. The minimum absolute atomic E-state index is 0.233. The fraction of sp³-hybridized carbons (Fsp3) is 1.00. The molecule has 1 aliphatic heterocycles. The fourth-order valence-corrected chi connectivity index (χ4v) is 2.78. The van der Waals surface area contributed by atoms with Crippen molar-refractivity contribution < 1.29 is 4.74 Å². The molecule has 1 fully saturated rings. The molecular weight excluding hydrogens is 236 g/mol. The lowest BCUT2D eigenvalue weighted by atomic mass is 9.94. The van der Waals surface area contributed by atoms with Gasteiger partial charge in [0, 0.05) is 37.8 Å². The summed E-state index contributed by atoms with van der Waals surface area (Å²) >= 11 is 0. The van der Waals surface area contributed by atoms with Crippen LogP contribution in [0.2, 0.25) is 0 Å². The van der Waals surface area contributed by atoms with Gasteiger partial charge in [-0.15, -0.1) is 0 Å². The summed E-state index contributed by atoms with van der Waals surface area (Å²) in [5, 5.41) is 3.67. The highest BCUT2D eigenvalue weighted by atomic mass is 16.5. The molecule has 3 nitrogen and oxygen atoms in total.